The molecule has 0 aliphatic carbocycles. The molecule has 0 spiro atoms. The van der Waals surface area contributed by atoms with E-state index in [1.165, 1.54) is 17.3 Å². The lowest BCUT2D eigenvalue weighted by atomic mass is 10.1. The lowest BCUT2D eigenvalue weighted by molar-refractivity contribution is 0.0767. The Labute approximate surface area is 199 Å². The fourth-order valence-electron chi connectivity index (χ4n) is 3.47. The number of pyridine rings is 2. The molecule has 0 radical (unpaired) electrons. The molecule has 12 heteroatoms. The van der Waals surface area contributed by atoms with E-state index in [1.807, 2.05) is 6.07 Å². The molecule has 1 aliphatic heterocycles. The van der Waals surface area contributed by atoms with E-state index in [0.29, 0.717) is 52.3 Å². The molecule has 2 amide bonds. The number of carboxylic acid groups (broad SMARTS) is 1. The van der Waals surface area contributed by atoms with Gasteiger partial charge in [0.2, 0.25) is 5.88 Å². The molecule has 0 saturated carbocycles. The molecule has 4 heterocycles. The standard InChI is InChI=1S/C22H21N7O4S/c1-13-19(21(34-28-13)27-17-6-4-14(9-23)10-24-17)20(30)26-15-5-7-18(25-11-15)33-16-3-2-8-29(12-16)22(31)32/h4-7,10-11,16H,2-3,8,12H2,1H3,(H,24,27)(H,26,30)(H,31,32). The van der Waals surface area contributed by atoms with Gasteiger partial charge in [0.05, 0.1) is 35.2 Å². The molecule has 0 aromatic carbocycles. The summed E-state index contributed by atoms with van der Waals surface area (Å²) < 4.78 is 10.1. The van der Waals surface area contributed by atoms with Crippen LogP contribution in [0.2, 0.25) is 0 Å². The molecule has 4 rings (SSSR count). The zero-order chi connectivity index (χ0) is 24.1. The first kappa shape index (κ1) is 22.9. The Bertz CT molecular complexity index is 1220. The van der Waals surface area contributed by atoms with Gasteiger partial charge in [0.15, 0.2) is 0 Å². The lowest BCUT2D eigenvalue weighted by Gasteiger charge is -2.30. The summed E-state index contributed by atoms with van der Waals surface area (Å²) in [6, 6.07) is 8.59. The third-order valence-corrected chi connectivity index (χ3v) is 6.01. The third-order valence-electron chi connectivity index (χ3n) is 5.15. The molecule has 3 aromatic heterocycles. The molecule has 0 bridgehead atoms. The third kappa shape index (κ3) is 5.38. The molecular formula is C22H21N7O4S. The van der Waals surface area contributed by atoms with Gasteiger partial charge in [-0.3, -0.25) is 4.79 Å². The summed E-state index contributed by atoms with van der Waals surface area (Å²) in [6.07, 6.45) is 3.18. The van der Waals surface area contributed by atoms with Crippen molar-refractivity contribution < 1.29 is 19.4 Å². The van der Waals surface area contributed by atoms with Crippen LogP contribution < -0.4 is 15.4 Å². The number of piperidine rings is 1. The van der Waals surface area contributed by atoms with E-state index < -0.39 is 6.09 Å². The van der Waals surface area contributed by atoms with Crippen molar-refractivity contribution in [2.45, 2.75) is 25.9 Å². The number of amides is 2. The maximum atomic E-state index is 12.9. The number of ether oxygens (including phenoxy) is 1. The molecule has 1 fully saturated rings. The SMILES string of the molecule is Cc1nsc(Nc2ccc(C#N)cn2)c1C(=O)Nc1ccc(OC2CCCN(C(=O)O)C2)nc1. The van der Waals surface area contributed by atoms with E-state index in [9.17, 15) is 9.59 Å². The Morgan fingerprint density at radius 2 is 2.12 bits per heavy atom. The zero-order valence-electron chi connectivity index (χ0n) is 18.2. The minimum atomic E-state index is -0.957. The molecule has 1 saturated heterocycles. The van der Waals surface area contributed by atoms with E-state index in [2.05, 4.69) is 25.0 Å². The van der Waals surface area contributed by atoms with Gasteiger partial charge >= 0.3 is 6.09 Å². The van der Waals surface area contributed by atoms with Gasteiger partial charge in [0, 0.05) is 18.8 Å². The number of nitrogens with zero attached hydrogens (tertiary/aromatic N) is 5. The van der Waals surface area contributed by atoms with Gasteiger partial charge < -0.3 is 25.4 Å². The minimum Gasteiger partial charge on any atom is -0.472 e. The number of anilines is 3. The van der Waals surface area contributed by atoms with Gasteiger partial charge in [-0.15, -0.1) is 0 Å². The first-order valence-electron chi connectivity index (χ1n) is 10.4. The second kappa shape index (κ2) is 10.1. The Hall–Kier alpha value is -4.24. The van der Waals surface area contributed by atoms with Crippen molar-refractivity contribution in [3.05, 3.63) is 53.5 Å². The summed E-state index contributed by atoms with van der Waals surface area (Å²) in [5.74, 6) is 0.490. The smallest absolute Gasteiger partial charge is 0.407 e. The fourth-order valence-corrected chi connectivity index (χ4v) is 4.27. The van der Waals surface area contributed by atoms with E-state index in [1.54, 1.807) is 31.2 Å². The van der Waals surface area contributed by atoms with Crippen molar-refractivity contribution in [1.29, 1.82) is 5.26 Å². The van der Waals surface area contributed by atoms with Crippen LogP contribution >= 0.6 is 11.5 Å². The molecule has 1 atom stereocenters. The van der Waals surface area contributed by atoms with Crippen LogP contribution in [0.25, 0.3) is 0 Å². The Kier molecular flexibility index (Phi) is 6.84. The predicted molar refractivity (Wildman–Crippen MR) is 125 cm³/mol. The number of hydrogen-bond acceptors (Lipinski definition) is 9. The highest BCUT2D eigenvalue weighted by molar-refractivity contribution is 7.10. The van der Waals surface area contributed by atoms with Crippen molar-refractivity contribution in [2.75, 3.05) is 23.7 Å². The summed E-state index contributed by atoms with van der Waals surface area (Å²) in [7, 11) is 0. The first-order valence-corrected chi connectivity index (χ1v) is 11.2. The molecule has 11 nitrogen and oxygen atoms in total. The normalized spacial score (nSPS) is 15.3. The number of hydrogen-bond donors (Lipinski definition) is 3. The molecule has 3 N–H and O–H groups in total. The number of nitrogens with one attached hydrogen (secondary N) is 2. The highest BCUT2D eigenvalue weighted by Gasteiger charge is 2.25. The number of likely N-dealkylation sites (tertiary alicyclic amines) is 1. The van der Waals surface area contributed by atoms with Crippen molar-refractivity contribution in [1.82, 2.24) is 19.2 Å². The van der Waals surface area contributed by atoms with Crippen LogP contribution in [0.5, 0.6) is 5.88 Å². The summed E-state index contributed by atoms with van der Waals surface area (Å²) in [4.78, 5) is 33.8. The van der Waals surface area contributed by atoms with E-state index >= 15 is 0 Å². The summed E-state index contributed by atoms with van der Waals surface area (Å²) >= 11 is 1.14. The van der Waals surface area contributed by atoms with Gasteiger partial charge in [-0.05, 0) is 49.5 Å². The van der Waals surface area contributed by atoms with Crippen molar-refractivity contribution in [3.63, 3.8) is 0 Å². The second-order valence-electron chi connectivity index (χ2n) is 7.59. The maximum absolute atomic E-state index is 12.9. The van der Waals surface area contributed by atoms with E-state index in [4.69, 9.17) is 15.1 Å². The summed E-state index contributed by atoms with van der Waals surface area (Å²) in [6.45, 7) is 2.54. The molecular weight excluding hydrogens is 458 g/mol. The van der Waals surface area contributed by atoms with Gasteiger partial charge in [0.25, 0.3) is 5.91 Å². The second-order valence-corrected chi connectivity index (χ2v) is 8.36. The van der Waals surface area contributed by atoms with Crippen molar-refractivity contribution in [3.8, 4) is 11.9 Å². The quantitative estimate of drug-likeness (QED) is 0.481. The van der Waals surface area contributed by atoms with Crippen LogP contribution in [0.3, 0.4) is 0 Å². The Morgan fingerprint density at radius 3 is 2.79 bits per heavy atom. The van der Waals surface area contributed by atoms with Crippen LogP contribution in [-0.2, 0) is 0 Å². The van der Waals surface area contributed by atoms with Crippen LogP contribution in [0.1, 0.15) is 34.5 Å². The average Bonchev–Trinajstić information content (AvgIpc) is 3.21. The minimum absolute atomic E-state index is 0.262. The molecule has 174 valence electrons. The van der Waals surface area contributed by atoms with Gasteiger partial charge in [-0.2, -0.15) is 9.64 Å². The zero-order valence-corrected chi connectivity index (χ0v) is 19.0. The number of nitriles is 1. The Balaban J connectivity index is 1.40. The maximum Gasteiger partial charge on any atom is 0.407 e. The molecule has 34 heavy (non-hydrogen) atoms. The summed E-state index contributed by atoms with van der Waals surface area (Å²) in [5, 5.41) is 24.5. The van der Waals surface area contributed by atoms with Crippen LogP contribution in [-0.4, -0.2) is 55.5 Å². The monoisotopic (exact) mass is 479 g/mol. The molecule has 3 aromatic rings. The average molecular weight is 480 g/mol. The number of carbonyl (C=O) groups excluding carboxylic acids is 1. The topological polar surface area (TPSA) is 153 Å². The van der Waals surface area contributed by atoms with Crippen molar-refractivity contribution in [2.24, 2.45) is 0 Å². The Morgan fingerprint density at radius 1 is 1.26 bits per heavy atom. The van der Waals surface area contributed by atoms with Gasteiger partial charge in [-0.1, -0.05) is 0 Å². The lowest BCUT2D eigenvalue weighted by Crippen LogP contribution is -2.43. The highest BCUT2D eigenvalue weighted by Crippen LogP contribution is 2.28. The van der Waals surface area contributed by atoms with E-state index in [-0.39, 0.29) is 12.0 Å². The molecule has 1 aliphatic rings. The van der Waals surface area contributed by atoms with Gasteiger partial charge in [-0.25, -0.2) is 14.8 Å². The predicted octanol–water partition coefficient (Wildman–Crippen LogP) is 3.63. The van der Waals surface area contributed by atoms with Crippen LogP contribution in [0, 0.1) is 18.3 Å². The summed E-state index contributed by atoms with van der Waals surface area (Å²) in [5.41, 5.74) is 1.85. The molecule has 1 unspecified atom stereocenters. The van der Waals surface area contributed by atoms with Gasteiger partial charge in [0.1, 0.15) is 23.0 Å². The fraction of sp³-hybridized carbons (Fsp3) is 0.273. The number of rotatable bonds is 6. The first-order chi connectivity index (χ1) is 16.4. The highest BCUT2D eigenvalue weighted by atomic mass is 32.1. The van der Waals surface area contributed by atoms with Crippen LogP contribution in [0.4, 0.5) is 21.3 Å². The number of carbonyl (C=O) groups is 2. The van der Waals surface area contributed by atoms with Crippen molar-refractivity contribution >= 4 is 40.0 Å². The number of aromatic nitrogens is 3. The van der Waals surface area contributed by atoms with E-state index in [0.717, 1.165) is 24.4 Å². The number of aryl methyl sites for hydroxylation is 1. The largest absolute Gasteiger partial charge is 0.472 e. The van der Waals surface area contributed by atoms with Crippen LogP contribution in [0.15, 0.2) is 36.7 Å².